The molecule has 0 N–H and O–H groups in total. The van der Waals surface area contributed by atoms with Crippen LogP contribution in [0, 0.1) is 11.3 Å². The number of fused-ring (bicyclic) bond motifs is 3. The first kappa shape index (κ1) is 11.2. The number of benzene rings is 1. The summed E-state index contributed by atoms with van der Waals surface area (Å²) in [6.07, 6.45) is 11.9. The molecule has 0 saturated carbocycles. The molecule has 1 unspecified atom stereocenters. The summed E-state index contributed by atoms with van der Waals surface area (Å²) in [6.45, 7) is 0. The molecule has 1 aromatic carbocycles. The molecular weight excluding hydrogens is 232 g/mol. The Kier molecular flexibility index (Phi) is 2.32. The minimum absolute atomic E-state index is 0.164. The van der Waals surface area contributed by atoms with Crippen molar-refractivity contribution in [1.29, 1.82) is 0 Å². The molecule has 0 aromatic heterocycles. The lowest BCUT2D eigenvalue weighted by molar-refractivity contribution is -0.115. The maximum Gasteiger partial charge on any atom is 0.155 e. The fourth-order valence-corrected chi connectivity index (χ4v) is 3.96. The molecule has 0 aliphatic heterocycles. The van der Waals surface area contributed by atoms with E-state index in [0.29, 0.717) is 12.3 Å². The van der Waals surface area contributed by atoms with Gasteiger partial charge < -0.3 is 0 Å². The zero-order chi connectivity index (χ0) is 12.9. The van der Waals surface area contributed by atoms with Crippen molar-refractivity contribution in [2.45, 2.75) is 32.1 Å². The van der Waals surface area contributed by atoms with Crippen LogP contribution in [0.25, 0.3) is 5.57 Å². The highest BCUT2D eigenvalue weighted by molar-refractivity contribution is 5.91. The molecule has 1 heteroatoms. The summed E-state index contributed by atoms with van der Waals surface area (Å²) in [4.78, 5) is 11.4. The predicted octanol–water partition coefficient (Wildman–Crippen LogP) is 3.94. The molecule has 2 atom stereocenters. The smallest absolute Gasteiger partial charge is 0.155 e. The van der Waals surface area contributed by atoms with Crippen molar-refractivity contribution in [3.63, 3.8) is 0 Å². The Hall–Kier alpha value is -1.63. The highest BCUT2D eigenvalue weighted by Crippen LogP contribution is 2.50. The Morgan fingerprint density at radius 3 is 2.89 bits per heavy atom. The quantitative estimate of drug-likeness (QED) is 0.681. The minimum atomic E-state index is 0.164. The number of carbonyl (C=O) groups excluding carboxylic acids is 1. The highest BCUT2D eigenvalue weighted by Gasteiger charge is 2.38. The van der Waals surface area contributed by atoms with Gasteiger partial charge >= 0.3 is 0 Å². The average molecular weight is 250 g/mol. The van der Waals surface area contributed by atoms with E-state index in [2.05, 4.69) is 36.4 Å². The third kappa shape index (κ3) is 1.72. The van der Waals surface area contributed by atoms with E-state index in [-0.39, 0.29) is 11.2 Å². The largest absolute Gasteiger partial charge is 0.295 e. The monoisotopic (exact) mass is 250 g/mol. The molecule has 0 fully saturated rings. The van der Waals surface area contributed by atoms with Crippen molar-refractivity contribution >= 4 is 11.4 Å². The molecule has 0 amide bonds. The van der Waals surface area contributed by atoms with Gasteiger partial charge in [0.2, 0.25) is 0 Å². The van der Waals surface area contributed by atoms with Crippen LogP contribution in [0.1, 0.15) is 36.8 Å². The predicted molar refractivity (Wildman–Crippen MR) is 76.7 cm³/mol. The zero-order valence-electron chi connectivity index (χ0n) is 11.1. The van der Waals surface area contributed by atoms with Crippen molar-refractivity contribution < 1.29 is 4.79 Å². The Morgan fingerprint density at radius 2 is 2.05 bits per heavy atom. The first-order chi connectivity index (χ1) is 9.26. The van der Waals surface area contributed by atoms with Crippen LogP contribution in [0.15, 0.2) is 42.5 Å². The molecule has 0 heterocycles. The van der Waals surface area contributed by atoms with Gasteiger partial charge in [0, 0.05) is 11.8 Å². The van der Waals surface area contributed by atoms with Gasteiger partial charge in [0.15, 0.2) is 5.78 Å². The fraction of sp³-hybridized carbons (Fsp3) is 0.389. The summed E-state index contributed by atoms with van der Waals surface area (Å²) in [5.41, 5.74) is 4.67. The van der Waals surface area contributed by atoms with Crippen molar-refractivity contribution in [3.05, 3.63) is 53.6 Å². The highest BCUT2D eigenvalue weighted by atomic mass is 16.1. The van der Waals surface area contributed by atoms with Gasteiger partial charge in [0.25, 0.3) is 0 Å². The summed E-state index contributed by atoms with van der Waals surface area (Å²) in [7, 11) is 0. The van der Waals surface area contributed by atoms with Crippen molar-refractivity contribution in [2.75, 3.05) is 0 Å². The molecule has 3 aliphatic carbocycles. The molecule has 96 valence electrons. The van der Waals surface area contributed by atoms with Crippen LogP contribution >= 0.6 is 0 Å². The summed E-state index contributed by atoms with van der Waals surface area (Å²) in [5.74, 6) is 1.01. The van der Waals surface area contributed by atoms with Crippen molar-refractivity contribution in [2.24, 2.45) is 11.3 Å². The maximum absolute atomic E-state index is 11.4. The normalized spacial score (nSPS) is 32.1. The van der Waals surface area contributed by atoms with Gasteiger partial charge in [-0.3, -0.25) is 4.79 Å². The van der Waals surface area contributed by atoms with Crippen LogP contribution in [0.4, 0.5) is 0 Å². The first-order valence-electron chi connectivity index (χ1n) is 7.29. The second-order valence-electron chi connectivity index (χ2n) is 6.23. The lowest BCUT2D eigenvalue weighted by atomic mass is 9.68. The SMILES string of the molecule is O=C1C=C[C@]2(C=C3c4ccccc4CC3CC2)CC1. The molecule has 0 saturated heterocycles. The van der Waals surface area contributed by atoms with E-state index < -0.39 is 0 Å². The number of carbonyl (C=O) groups is 1. The summed E-state index contributed by atoms with van der Waals surface area (Å²) >= 11 is 0. The van der Waals surface area contributed by atoms with Crippen LogP contribution in [0.3, 0.4) is 0 Å². The molecule has 1 aromatic rings. The van der Waals surface area contributed by atoms with Gasteiger partial charge in [-0.1, -0.05) is 36.4 Å². The van der Waals surface area contributed by atoms with Crippen LogP contribution in [0.2, 0.25) is 0 Å². The van der Waals surface area contributed by atoms with Gasteiger partial charge in [0.1, 0.15) is 0 Å². The number of allylic oxidation sites excluding steroid dienone is 4. The molecule has 3 aliphatic rings. The zero-order valence-corrected chi connectivity index (χ0v) is 11.1. The van der Waals surface area contributed by atoms with E-state index in [1.165, 1.54) is 30.4 Å². The van der Waals surface area contributed by atoms with E-state index in [0.717, 1.165) is 6.42 Å². The third-order valence-electron chi connectivity index (χ3n) is 5.07. The van der Waals surface area contributed by atoms with Crippen molar-refractivity contribution in [1.82, 2.24) is 0 Å². The van der Waals surface area contributed by atoms with Crippen molar-refractivity contribution in [3.8, 4) is 0 Å². The second-order valence-corrected chi connectivity index (χ2v) is 6.23. The Balaban J connectivity index is 1.79. The van der Waals surface area contributed by atoms with E-state index >= 15 is 0 Å². The molecule has 0 bridgehead atoms. The number of ketones is 1. The molecular formula is C18H18O. The van der Waals surface area contributed by atoms with Gasteiger partial charge in [-0.25, -0.2) is 0 Å². The average Bonchev–Trinajstić information content (AvgIpc) is 2.80. The summed E-state index contributed by atoms with van der Waals surface area (Å²) < 4.78 is 0. The summed E-state index contributed by atoms with van der Waals surface area (Å²) in [6, 6.07) is 8.81. The number of hydrogen-bond acceptors (Lipinski definition) is 1. The molecule has 19 heavy (non-hydrogen) atoms. The van der Waals surface area contributed by atoms with Crippen LogP contribution in [-0.4, -0.2) is 5.78 Å². The van der Waals surface area contributed by atoms with E-state index in [1.807, 2.05) is 6.08 Å². The van der Waals surface area contributed by atoms with Gasteiger partial charge in [-0.05, 0) is 54.4 Å². The first-order valence-corrected chi connectivity index (χ1v) is 7.29. The third-order valence-corrected chi connectivity index (χ3v) is 5.07. The lowest BCUT2D eigenvalue weighted by Gasteiger charge is -2.36. The Bertz CT molecular complexity index is 608. The molecule has 1 spiro atoms. The van der Waals surface area contributed by atoms with Gasteiger partial charge in [-0.15, -0.1) is 0 Å². The molecule has 1 nitrogen and oxygen atoms in total. The topological polar surface area (TPSA) is 17.1 Å². The number of rotatable bonds is 0. The molecule has 4 rings (SSSR count). The fourth-order valence-electron chi connectivity index (χ4n) is 3.96. The molecule has 0 radical (unpaired) electrons. The standard InChI is InChI=1S/C18H18O/c19-15-6-9-18(10-7-15)8-5-14-11-13-3-1-2-4-16(13)17(14)12-18/h1-4,6,9,12,14H,5,7-8,10-11H2/t14?,18-/m0/s1. The van der Waals surface area contributed by atoms with Gasteiger partial charge in [0.05, 0.1) is 0 Å². The number of hydrogen-bond donors (Lipinski definition) is 0. The van der Waals surface area contributed by atoms with E-state index in [9.17, 15) is 4.79 Å². The summed E-state index contributed by atoms with van der Waals surface area (Å²) in [5, 5.41) is 0. The van der Waals surface area contributed by atoms with Crippen LogP contribution in [0.5, 0.6) is 0 Å². The Morgan fingerprint density at radius 1 is 1.16 bits per heavy atom. The van der Waals surface area contributed by atoms with Crippen LogP contribution < -0.4 is 0 Å². The minimum Gasteiger partial charge on any atom is -0.295 e. The Labute approximate surface area is 114 Å². The van der Waals surface area contributed by atoms with Crippen LogP contribution in [-0.2, 0) is 11.2 Å². The maximum atomic E-state index is 11.4. The lowest BCUT2D eigenvalue weighted by Crippen LogP contribution is -2.26. The van der Waals surface area contributed by atoms with E-state index in [1.54, 1.807) is 5.57 Å². The van der Waals surface area contributed by atoms with Gasteiger partial charge in [-0.2, -0.15) is 0 Å². The van der Waals surface area contributed by atoms with E-state index in [4.69, 9.17) is 0 Å². The second kappa shape index (κ2) is 3.93.